The Balaban J connectivity index is 1.93. The van der Waals surface area contributed by atoms with Gasteiger partial charge in [0.25, 0.3) is 5.91 Å². The molecule has 0 aliphatic rings. The molecule has 7 nitrogen and oxygen atoms in total. The summed E-state index contributed by atoms with van der Waals surface area (Å²) < 4.78 is 29.4. The number of aromatic nitrogens is 1. The molecule has 0 aliphatic heterocycles. The number of amides is 1. The van der Waals surface area contributed by atoms with Crippen molar-refractivity contribution in [3.05, 3.63) is 53.1 Å². The maximum Gasteiger partial charge on any atom is 0.260 e. The van der Waals surface area contributed by atoms with Crippen molar-refractivity contribution < 1.29 is 13.2 Å². The van der Waals surface area contributed by atoms with Crippen LogP contribution in [0.4, 0.5) is 5.13 Å². The first-order chi connectivity index (χ1) is 17.8. The molecule has 38 heavy (non-hydrogen) atoms. The van der Waals surface area contributed by atoms with Crippen molar-refractivity contribution in [3.63, 3.8) is 0 Å². The quantitative estimate of drug-likeness (QED) is 0.280. The zero-order valence-corrected chi connectivity index (χ0v) is 25.6. The summed E-state index contributed by atoms with van der Waals surface area (Å²) in [7, 11) is 0.359. The Hall–Kier alpha value is -2.33. The van der Waals surface area contributed by atoms with Crippen LogP contribution in [0.5, 0.6) is 0 Å². The summed E-state index contributed by atoms with van der Waals surface area (Å²) in [6.45, 7) is 14.4. The molecule has 1 amide bonds. The molecule has 0 radical (unpaired) electrons. The van der Waals surface area contributed by atoms with Gasteiger partial charge in [-0.05, 0) is 94.2 Å². The molecule has 0 aliphatic carbocycles. The topological polar surface area (TPSA) is 73.8 Å². The van der Waals surface area contributed by atoms with Crippen LogP contribution in [-0.4, -0.2) is 68.8 Å². The number of carbonyl (C=O) groups excluding carboxylic acids is 1. The summed E-state index contributed by atoms with van der Waals surface area (Å²) in [5.41, 5.74) is 3.65. The fourth-order valence-electron chi connectivity index (χ4n) is 4.32. The second kappa shape index (κ2) is 12.7. The van der Waals surface area contributed by atoms with E-state index >= 15 is 0 Å². The van der Waals surface area contributed by atoms with Gasteiger partial charge in [0.1, 0.15) is 0 Å². The first-order valence-electron chi connectivity index (χ1n) is 13.2. The number of rotatable bonds is 12. The first-order valence-corrected chi connectivity index (χ1v) is 15.5. The highest BCUT2D eigenvalue weighted by Gasteiger charge is 2.27. The van der Waals surface area contributed by atoms with Crippen molar-refractivity contribution in [2.45, 2.75) is 52.9 Å². The van der Waals surface area contributed by atoms with Crippen LogP contribution in [0, 0.1) is 25.7 Å². The van der Waals surface area contributed by atoms with Crippen LogP contribution in [0.3, 0.4) is 0 Å². The molecule has 1 aromatic heterocycles. The van der Waals surface area contributed by atoms with Crippen LogP contribution >= 0.6 is 11.3 Å². The van der Waals surface area contributed by atoms with Crippen LogP contribution in [0.25, 0.3) is 10.2 Å². The maximum atomic E-state index is 13.8. The Kier molecular flexibility index (Phi) is 10.1. The molecule has 0 atom stereocenters. The second-order valence-electron chi connectivity index (χ2n) is 11.1. The number of carbonyl (C=O) groups is 1. The Bertz CT molecular complexity index is 1340. The summed E-state index contributed by atoms with van der Waals surface area (Å²) in [5.74, 6) is 0.241. The molecule has 3 rings (SSSR count). The smallest absolute Gasteiger partial charge is 0.260 e. The number of thiazole rings is 1. The van der Waals surface area contributed by atoms with E-state index in [1.54, 1.807) is 33.5 Å². The molecule has 208 valence electrons. The van der Waals surface area contributed by atoms with E-state index in [0.717, 1.165) is 28.7 Å². The van der Waals surface area contributed by atoms with Gasteiger partial charge in [0.2, 0.25) is 10.0 Å². The van der Waals surface area contributed by atoms with E-state index in [0.29, 0.717) is 30.3 Å². The lowest BCUT2D eigenvalue weighted by atomic mass is 10.1. The number of hydrogen-bond donors (Lipinski definition) is 0. The van der Waals surface area contributed by atoms with E-state index in [9.17, 15) is 13.2 Å². The molecule has 0 unspecified atom stereocenters. The molecule has 1 heterocycles. The van der Waals surface area contributed by atoms with E-state index in [1.165, 1.54) is 16.9 Å². The van der Waals surface area contributed by atoms with Crippen LogP contribution in [0.2, 0.25) is 0 Å². The third-order valence-electron chi connectivity index (χ3n) is 6.41. The normalized spacial score (nSPS) is 12.4. The fourth-order valence-corrected chi connectivity index (χ4v) is 7.14. The van der Waals surface area contributed by atoms with Crippen molar-refractivity contribution in [2.24, 2.45) is 11.8 Å². The number of nitrogens with zero attached hydrogens (tertiary/aromatic N) is 4. The highest BCUT2D eigenvalue weighted by molar-refractivity contribution is 7.89. The van der Waals surface area contributed by atoms with Gasteiger partial charge in [-0.25, -0.2) is 13.4 Å². The molecule has 0 N–H and O–H groups in total. The van der Waals surface area contributed by atoms with E-state index < -0.39 is 10.0 Å². The number of fused-ring (bicyclic) bond motifs is 1. The predicted molar refractivity (Wildman–Crippen MR) is 159 cm³/mol. The number of anilines is 1. The Morgan fingerprint density at radius 3 is 2.08 bits per heavy atom. The standard InChI is InChI=1S/C29H42N4O3S2/c1-20(2)18-32(19-21(3)4)38(35,36)25-13-11-24(12-14-25)28(34)33(17-9-16-31(7)8)29-30-27-23(6)22(5)10-15-26(27)37-29/h10-15,20-21H,9,16-19H2,1-8H3. The van der Waals surface area contributed by atoms with Gasteiger partial charge in [0.05, 0.1) is 15.1 Å². The monoisotopic (exact) mass is 558 g/mol. The number of benzene rings is 2. The highest BCUT2D eigenvalue weighted by Crippen LogP contribution is 2.33. The van der Waals surface area contributed by atoms with Crippen LogP contribution in [-0.2, 0) is 10.0 Å². The number of aryl methyl sites for hydroxylation is 2. The molecule has 2 aromatic carbocycles. The average Bonchev–Trinajstić information content (AvgIpc) is 3.27. The second-order valence-corrected chi connectivity index (χ2v) is 14.0. The Morgan fingerprint density at radius 1 is 0.921 bits per heavy atom. The Morgan fingerprint density at radius 2 is 1.53 bits per heavy atom. The van der Waals surface area contributed by atoms with Gasteiger partial charge < -0.3 is 4.90 Å². The third kappa shape index (κ3) is 7.20. The summed E-state index contributed by atoms with van der Waals surface area (Å²) >= 11 is 1.51. The van der Waals surface area contributed by atoms with Crippen molar-refractivity contribution >= 4 is 42.6 Å². The van der Waals surface area contributed by atoms with Crippen molar-refractivity contribution in [3.8, 4) is 0 Å². The minimum Gasteiger partial charge on any atom is -0.309 e. The van der Waals surface area contributed by atoms with Gasteiger partial charge >= 0.3 is 0 Å². The lowest BCUT2D eigenvalue weighted by molar-refractivity contribution is 0.0986. The molecule has 3 aromatic rings. The van der Waals surface area contributed by atoms with Crippen LogP contribution in [0.15, 0.2) is 41.3 Å². The van der Waals surface area contributed by atoms with Crippen LogP contribution in [0.1, 0.15) is 55.6 Å². The summed E-state index contributed by atoms with van der Waals surface area (Å²) in [6, 6.07) is 10.5. The van der Waals surface area contributed by atoms with Gasteiger partial charge in [-0.15, -0.1) is 0 Å². The van der Waals surface area contributed by atoms with E-state index in [1.807, 2.05) is 41.8 Å². The van der Waals surface area contributed by atoms with Gasteiger partial charge in [-0.2, -0.15) is 4.31 Å². The van der Waals surface area contributed by atoms with E-state index in [4.69, 9.17) is 4.98 Å². The largest absolute Gasteiger partial charge is 0.309 e. The minimum atomic E-state index is -3.66. The summed E-state index contributed by atoms with van der Waals surface area (Å²) in [5, 5.41) is 0.661. The van der Waals surface area contributed by atoms with Gasteiger partial charge in [-0.1, -0.05) is 45.1 Å². The zero-order chi connectivity index (χ0) is 28.2. The molecule has 0 fully saturated rings. The summed E-state index contributed by atoms with van der Waals surface area (Å²) in [6.07, 6.45) is 0.790. The lowest BCUT2D eigenvalue weighted by Gasteiger charge is -2.26. The molecule has 0 saturated carbocycles. The minimum absolute atomic E-state index is 0.178. The van der Waals surface area contributed by atoms with E-state index in [-0.39, 0.29) is 22.6 Å². The van der Waals surface area contributed by atoms with Crippen LogP contribution < -0.4 is 4.90 Å². The van der Waals surface area contributed by atoms with Crippen molar-refractivity contribution in [2.75, 3.05) is 45.2 Å². The maximum absolute atomic E-state index is 13.8. The van der Waals surface area contributed by atoms with Gasteiger partial charge in [-0.3, -0.25) is 9.69 Å². The fraction of sp³-hybridized carbons (Fsp3) is 0.517. The van der Waals surface area contributed by atoms with Crippen molar-refractivity contribution in [1.82, 2.24) is 14.2 Å². The molecule has 0 bridgehead atoms. The number of hydrogen-bond acceptors (Lipinski definition) is 6. The van der Waals surface area contributed by atoms with E-state index in [2.05, 4.69) is 30.9 Å². The highest BCUT2D eigenvalue weighted by atomic mass is 32.2. The third-order valence-corrected chi connectivity index (χ3v) is 9.30. The van der Waals surface area contributed by atoms with Gasteiger partial charge in [0.15, 0.2) is 5.13 Å². The number of sulfonamides is 1. The predicted octanol–water partition coefficient (Wildman–Crippen LogP) is 5.81. The van der Waals surface area contributed by atoms with Crippen molar-refractivity contribution in [1.29, 1.82) is 0 Å². The van der Waals surface area contributed by atoms with Gasteiger partial charge in [0, 0.05) is 25.2 Å². The molecule has 0 saturated heterocycles. The molecule has 9 heteroatoms. The lowest BCUT2D eigenvalue weighted by Crippen LogP contribution is -2.37. The molecular weight excluding hydrogens is 516 g/mol. The Labute approximate surface area is 232 Å². The molecule has 0 spiro atoms. The zero-order valence-electron chi connectivity index (χ0n) is 24.0. The summed E-state index contributed by atoms with van der Waals surface area (Å²) in [4.78, 5) is 22.6. The SMILES string of the molecule is Cc1ccc2sc(N(CCCN(C)C)C(=O)c3ccc(S(=O)(=O)N(CC(C)C)CC(C)C)cc3)nc2c1C. The molecular formula is C29H42N4O3S2. The first kappa shape index (κ1) is 30.2. The average molecular weight is 559 g/mol.